The lowest BCUT2D eigenvalue weighted by Gasteiger charge is -2.16. The average Bonchev–Trinajstić information content (AvgIpc) is 3.06. The second-order valence-corrected chi connectivity index (χ2v) is 7.77. The number of hydrogen-bond acceptors (Lipinski definition) is 4. The zero-order valence-electron chi connectivity index (χ0n) is 14.0. The van der Waals surface area contributed by atoms with Gasteiger partial charge < -0.3 is 21.7 Å². The largest absolute Gasteiger partial charge is 0.370 e. The molecule has 0 unspecified atom stereocenters. The van der Waals surface area contributed by atoms with Gasteiger partial charge in [-0.05, 0) is 25.7 Å². The van der Waals surface area contributed by atoms with Crippen molar-refractivity contribution in [2.45, 2.75) is 68.7 Å². The van der Waals surface area contributed by atoms with Gasteiger partial charge in [-0.3, -0.25) is 9.59 Å². The summed E-state index contributed by atoms with van der Waals surface area (Å²) in [6, 6.07) is 0.465. The molecule has 2 heterocycles. The van der Waals surface area contributed by atoms with E-state index in [4.69, 9.17) is 5.73 Å². The van der Waals surface area contributed by atoms with Crippen LogP contribution in [0.1, 0.15) is 51.4 Å². The zero-order valence-corrected chi connectivity index (χ0v) is 14.8. The molecule has 0 aromatic rings. The number of carbonyl (C=O) groups is 3. The van der Waals surface area contributed by atoms with Crippen molar-refractivity contribution < 1.29 is 14.4 Å². The summed E-state index contributed by atoms with van der Waals surface area (Å²) in [4.78, 5) is 33.6. The van der Waals surface area contributed by atoms with Crippen LogP contribution in [0.3, 0.4) is 0 Å². The fourth-order valence-electron chi connectivity index (χ4n) is 3.19. The Balaban J connectivity index is 1.45. The Morgan fingerprint density at radius 3 is 2.71 bits per heavy atom. The SMILES string of the molecule is NC(=O)CCCCCNC(=O)CCCC[C@@H]1SC[C@H]2NC(=O)N[C@@H]12. The molecule has 0 bridgehead atoms. The van der Waals surface area contributed by atoms with Crippen LogP contribution in [0.25, 0.3) is 0 Å². The van der Waals surface area contributed by atoms with Crippen molar-refractivity contribution in [2.24, 2.45) is 5.73 Å². The molecule has 2 rings (SSSR count). The topological polar surface area (TPSA) is 113 Å². The van der Waals surface area contributed by atoms with Crippen LogP contribution >= 0.6 is 11.8 Å². The number of primary amides is 1. The third-order valence-electron chi connectivity index (χ3n) is 4.50. The quantitative estimate of drug-likeness (QED) is 0.325. The molecule has 2 saturated heterocycles. The Bertz CT molecular complexity index is 461. The molecule has 0 spiro atoms. The van der Waals surface area contributed by atoms with Crippen molar-refractivity contribution in [1.29, 1.82) is 0 Å². The first kappa shape index (κ1) is 18.9. The molecule has 2 fully saturated rings. The number of hydrogen-bond donors (Lipinski definition) is 4. The highest BCUT2D eigenvalue weighted by Gasteiger charge is 2.42. The van der Waals surface area contributed by atoms with Gasteiger partial charge in [-0.15, -0.1) is 0 Å². The molecule has 136 valence electrons. The molecule has 0 radical (unpaired) electrons. The molecule has 2 aliphatic heterocycles. The standard InChI is InChI=1S/C16H28N4O3S/c17-13(21)7-2-1-5-9-18-14(22)8-4-3-6-12-15-11(10-24-12)19-16(23)20-15/h11-12,15H,1-10H2,(H2,17,21)(H,18,22)(H2,19,20,23)/t11-,12+,15-/m1/s1. The number of unbranched alkanes of at least 4 members (excludes halogenated alkanes) is 3. The first-order chi connectivity index (χ1) is 11.6. The van der Waals surface area contributed by atoms with E-state index >= 15 is 0 Å². The number of nitrogens with two attached hydrogens (primary N) is 1. The minimum atomic E-state index is -0.265. The Kier molecular flexibility index (Phi) is 7.68. The lowest BCUT2D eigenvalue weighted by atomic mass is 10.0. The van der Waals surface area contributed by atoms with Gasteiger partial charge in [0.15, 0.2) is 0 Å². The molecule has 8 heteroatoms. The number of urea groups is 1. The third kappa shape index (κ3) is 6.22. The van der Waals surface area contributed by atoms with Crippen LogP contribution in [0.4, 0.5) is 4.79 Å². The van der Waals surface area contributed by atoms with Crippen molar-refractivity contribution in [1.82, 2.24) is 16.0 Å². The Labute approximate surface area is 147 Å². The van der Waals surface area contributed by atoms with Gasteiger partial charge in [-0.2, -0.15) is 11.8 Å². The van der Waals surface area contributed by atoms with Crippen LogP contribution in [-0.4, -0.2) is 47.5 Å². The van der Waals surface area contributed by atoms with E-state index < -0.39 is 0 Å². The van der Waals surface area contributed by atoms with Gasteiger partial charge in [0, 0.05) is 30.4 Å². The molecule has 7 nitrogen and oxygen atoms in total. The van der Waals surface area contributed by atoms with Crippen molar-refractivity contribution in [3.05, 3.63) is 0 Å². The summed E-state index contributed by atoms with van der Waals surface area (Å²) in [7, 11) is 0. The highest BCUT2D eigenvalue weighted by Crippen LogP contribution is 2.33. The normalized spacial score (nSPS) is 25.0. The molecule has 0 aliphatic carbocycles. The first-order valence-electron chi connectivity index (χ1n) is 8.80. The van der Waals surface area contributed by atoms with Gasteiger partial charge in [0.1, 0.15) is 0 Å². The van der Waals surface area contributed by atoms with E-state index in [9.17, 15) is 14.4 Å². The maximum Gasteiger partial charge on any atom is 0.315 e. The van der Waals surface area contributed by atoms with Crippen LogP contribution in [0, 0.1) is 0 Å². The van der Waals surface area contributed by atoms with Gasteiger partial charge in [-0.1, -0.05) is 12.8 Å². The van der Waals surface area contributed by atoms with Crippen molar-refractivity contribution in [2.75, 3.05) is 12.3 Å². The van der Waals surface area contributed by atoms with E-state index in [0.717, 1.165) is 44.3 Å². The van der Waals surface area contributed by atoms with Gasteiger partial charge in [-0.25, -0.2) is 4.79 Å². The van der Waals surface area contributed by atoms with E-state index in [2.05, 4.69) is 16.0 Å². The fraction of sp³-hybridized carbons (Fsp3) is 0.812. The average molecular weight is 356 g/mol. The van der Waals surface area contributed by atoms with Gasteiger partial charge in [0.05, 0.1) is 12.1 Å². The molecule has 2 aliphatic rings. The zero-order chi connectivity index (χ0) is 17.4. The smallest absolute Gasteiger partial charge is 0.315 e. The van der Waals surface area contributed by atoms with Crippen molar-refractivity contribution in [3.8, 4) is 0 Å². The number of amides is 4. The van der Waals surface area contributed by atoms with Gasteiger partial charge in [0.2, 0.25) is 11.8 Å². The minimum absolute atomic E-state index is 0.0505. The molecule has 0 saturated carbocycles. The summed E-state index contributed by atoms with van der Waals surface area (Å²) in [6.07, 6.45) is 6.47. The molecular formula is C16H28N4O3S. The maximum atomic E-state index is 11.7. The van der Waals surface area contributed by atoms with E-state index in [0.29, 0.717) is 24.6 Å². The summed E-state index contributed by atoms with van der Waals surface area (Å²) < 4.78 is 0. The Hall–Kier alpha value is -1.44. The summed E-state index contributed by atoms with van der Waals surface area (Å²) in [5, 5.41) is 9.30. The van der Waals surface area contributed by atoms with E-state index in [1.807, 2.05) is 11.8 Å². The predicted octanol–water partition coefficient (Wildman–Crippen LogP) is 0.874. The molecule has 4 amide bonds. The molecule has 3 atom stereocenters. The maximum absolute atomic E-state index is 11.7. The van der Waals surface area contributed by atoms with Gasteiger partial charge in [0.25, 0.3) is 0 Å². The second-order valence-electron chi connectivity index (χ2n) is 6.49. The van der Waals surface area contributed by atoms with Crippen LogP contribution in [0.2, 0.25) is 0 Å². The third-order valence-corrected chi connectivity index (χ3v) is 6.01. The molecule has 24 heavy (non-hydrogen) atoms. The lowest BCUT2D eigenvalue weighted by Crippen LogP contribution is -2.36. The number of fused-ring (bicyclic) bond motifs is 1. The van der Waals surface area contributed by atoms with Crippen molar-refractivity contribution >= 4 is 29.6 Å². The predicted molar refractivity (Wildman–Crippen MR) is 94.6 cm³/mol. The second kappa shape index (κ2) is 9.76. The number of thioether (sulfide) groups is 1. The molecule has 0 aromatic carbocycles. The van der Waals surface area contributed by atoms with Gasteiger partial charge >= 0.3 is 6.03 Å². The molecule has 0 aromatic heterocycles. The summed E-state index contributed by atoms with van der Waals surface area (Å²) >= 11 is 1.91. The number of nitrogens with one attached hydrogen (secondary N) is 3. The lowest BCUT2D eigenvalue weighted by molar-refractivity contribution is -0.121. The van der Waals surface area contributed by atoms with Crippen LogP contribution in [-0.2, 0) is 9.59 Å². The fourth-order valence-corrected chi connectivity index (χ4v) is 4.73. The van der Waals surface area contributed by atoms with Crippen LogP contribution < -0.4 is 21.7 Å². The van der Waals surface area contributed by atoms with Crippen molar-refractivity contribution in [3.63, 3.8) is 0 Å². The van der Waals surface area contributed by atoms with Crippen LogP contribution in [0.15, 0.2) is 0 Å². The number of rotatable bonds is 11. The van der Waals surface area contributed by atoms with Crippen LogP contribution in [0.5, 0.6) is 0 Å². The summed E-state index contributed by atoms with van der Waals surface area (Å²) in [5.74, 6) is 0.807. The highest BCUT2D eigenvalue weighted by atomic mass is 32.2. The molecule has 5 N–H and O–H groups in total. The molecular weight excluding hydrogens is 328 g/mol. The minimum Gasteiger partial charge on any atom is -0.370 e. The van der Waals surface area contributed by atoms with E-state index in [1.54, 1.807) is 0 Å². The van der Waals surface area contributed by atoms with E-state index in [-0.39, 0.29) is 29.9 Å². The summed E-state index contributed by atoms with van der Waals surface area (Å²) in [5.41, 5.74) is 5.07. The monoisotopic (exact) mass is 356 g/mol. The Morgan fingerprint density at radius 1 is 1.12 bits per heavy atom. The van der Waals surface area contributed by atoms with E-state index in [1.165, 1.54) is 0 Å². The first-order valence-corrected chi connectivity index (χ1v) is 9.85. The Morgan fingerprint density at radius 2 is 1.92 bits per heavy atom. The summed E-state index contributed by atoms with van der Waals surface area (Å²) in [6.45, 7) is 0.664. The number of carbonyl (C=O) groups excluding carboxylic acids is 3. The highest BCUT2D eigenvalue weighted by molar-refractivity contribution is 8.00.